The lowest BCUT2D eigenvalue weighted by molar-refractivity contribution is -0.140. The lowest BCUT2D eigenvalue weighted by atomic mass is 10.1. The van der Waals surface area contributed by atoms with Crippen LogP contribution in [-0.4, -0.2) is 36.2 Å². The summed E-state index contributed by atoms with van der Waals surface area (Å²) in [4.78, 5) is 12.0. The van der Waals surface area contributed by atoms with E-state index >= 15 is 0 Å². The Morgan fingerprint density at radius 3 is 3.04 bits per heavy atom. The van der Waals surface area contributed by atoms with Crippen LogP contribution in [-0.2, 0) is 9.53 Å². The first-order valence-corrected chi connectivity index (χ1v) is 9.59. The minimum Gasteiger partial charge on any atom is -0.469 e. The normalized spacial score (nSPS) is 14.7. The number of unbranched alkanes of at least 4 members (excludes halogenated alkanes) is 2. The van der Waals surface area contributed by atoms with Gasteiger partial charge in [0, 0.05) is 35.6 Å². The monoisotopic (exact) mass is 383 g/mol. The van der Waals surface area contributed by atoms with Crippen molar-refractivity contribution in [3.8, 4) is 0 Å². The highest BCUT2D eigenvalue weighted by Crippen LogP contribution is 2.30. The van der Waals surface area contributed by atoms with Crippen LogP contribution in [0, 0.1) is 5.82 Å². The number of nitrogens with one attached hydrogen (secondary N) is 2. The van der Waals surface area contributed by atoms with Crippen molar-refractivity contribution in [1.29, 1.82) is 0 Å². The van der Waals surface area contributed by atoms with E-state index < -0.39 is 0 Å². The molecule has 0 aliphatic carbocycles. The van der Waals surface area contributed by atoms with Crippen molar-refractivity contribution < 1.29 is 13.9 Å². The molecule has 0 saturated carbocycles. The highest BCUT2D eigenvalue weighted by atomic mass is 32.2. The first-order chi connectivity index (χ1) is 12.1. The number of thioether (sulfide) groups is 1. The Morgan fingerprint density at radius 1 is 1.40 bits per heavy atom. The number of thiocarbonyl (C=S) groups is 1. The van der Waals surface area contributed by atoms with E-state index in [-0.39, 0.29) is 11.8 Å². The number of halogens is 1. The van der Waals surface area contributed by atoms with Gasteiger partial charge in [-0.15, -0.1) is 11.8 Å². The summed E-state index contributed by atoms with van der Waals surface area (Å²) in [6.07, 6.45) is 3.84. The highest BCUT2D eigenvalue weighted by Gasteiger charge is 2.17. The van der Waals surface area contributed by atoms with Crippen molar-refractivity contribution in [3.63, 3.8) is 0 Å². The van der Waals surface area contributed by atoms with Crippen LogP contribution in [0.1, 0.15) is 37.7 Å². The van der Waals surface area contributed by atoms with Crippen molar-refractivity contribution in [1.82, 2.24) is 10.7 Å². The van der Waals surface area contributed by atoms with Crippen molar-refractivity contribution >= 4 is 40.8 Å². The molecular formula is C17H22FN3O2S2. The van der Waals surface area contributed by atoms with Crippen LogP contribution in [0.2, 0.25) is 0 Å². The second kappa shape index (κ2) is 10.4. The zero-order chi connectivity index (χ0) is 18.1. The quantitative estimate of drug-likeness (QED) is 0.326. The average Bonchev–Trinajstić information content (AvgIpc) is 2.62. The molecule has 0 amide bonds. The van der Waals surface area contributed by atoms with E-state index in [1.54, 1.807) is 17.8 Å². The minimum absolute atomic E-state index is 0.177. The Morgan fingerprint density at radius 2 is 2.24 bits per heavy atom. The predicted molar refractivity (Wildman–Crippen MR) is 102 cm³/mol. The van der Waals surface area contributed by atoms with E-state index in [9.17, 15) is 9.18 Å². The Bertz CT molecular complexity index is 653. The van der Waals surface area contributed by atoms with Crippen LogP contribution in [0.3, 0.4) is 0 Å². The van der Waals surface area contributed by atoms with Crippen molar-refractivity contribution in [2.75, 3.05) is 19.4 Å². The van der Waals surface area contributed by atoms with Crippen molar-refractivity contribution in [2.24, 2.45) is 5.10 Å². The summed E-state index contributed by atoms with van der Waals surface area (Å²) in [6.45, 7) is 0.707. The van der Waals surface area contributed by atoms with Gasteiger partial charge in [-0.3, -0.25) is 10.2 Å². The maximum Gasteiger partial charge on any atom is 0.305 e. The standard InChI is InChI=1S/C17H22FN3O2S2/c1-23-16(22)5-3-2-4-9-19-17(24)21-20-14-8-10-25-15-7-6-12(18)11-13(14)15/h6-7,11H,2-5,8-10H2,1H3,(H2,19,21,24)/b20-14-. The number of carbonyl (C=O) groups is 1. The van der Waals surface area contributed by atoms with Crippen molar-refractivity contribution in [3.05, 3.63) is 29.6 Å². The zero-order valence-corrected chi connectivity index (χ0v) is 15.8. The Kier molecular flexibility index (Phi) is 8.14. The number of nitrogens with zero attached hydrogens (tertiary/aromatic N) is 1. The van der Waals surface area contributed by atoms with Gasteiger partial charge in [0.05, 0.1) is 12.8 Å². The molecule has 0 atom stereocenters. The number of hydrazone groups is 1. The topological polar surface area (TPSA) is 62.7 Å². The molecule has 0 bridgehead atoms. The third-order valence-corrected chi connectivity index (χ3v) is 5.02. The summed E-state index contributed by atoms with van der Waals surface area (Å²) >= 11 is 6.91. The fraction of sp³-hybridized carbons (Fsp3) is 0.471. The van der Waals surface area contributed by atoms with Gasteiger partial charge in [0.15, 0.2) is 5.11 Å². The van der Waals surface area contributed by atoms with Crippen molar-refractivity contribution in [2.45, 2.75) is 37.0 Å². The summed E-state index contributed by atoms with van der Waals surface area (Å²) in [5.41, 5.74) is 4.48. The molecule has 8 heteroatoms. The second-order valence-corrected chi connectivity index (χ2v) is 7.10. The van der Waals surface area contributed by atoms with Crippen LogP contribution in [0.5, 0.6) is 0 Å². The fourth-order valence-electron chi connectivity index (χ4n) is 2.39. The maximum absolute atomic E-state index is 13.5. The molecule has 0 radical (unpaired) electrons. The Labute approximate surface area is 156 Å². The van der Waals surface area contributed by atoms with E-state index in [2.05, 4.69) is 20.6 Å². The molecule has 1 aliphatic heterocycles. The Hall–Kier alpha value is -1.67. The molecule has 0 spiro atoms. The van der Waals surface area contributed by atoms with Gasteiger partial charge in [-0.2, -0.15) is 5.10 Å². The third-order valence-electron chi connectivity index (χ3n) is 3.71. The summed E-state index contributed by atoms with van der Waals surface area (Å²) in [5, 5.41) is 7.86. The van der Waals surface area contributed by atoms with Gasteiger partial charge < -0.3 is 10.1 Å². The second-order valence-electron chi connectivity index (χ2n) is 5.55. The smallest absolute Gasteiger partial charge is 0.305 e. The van der Waals surface area contributed by atoms with E-state index in [1.807, 2.05) is 0 Å². The van der Waals surface area contributed by atoms with Crippen LogP contribution < -0.4 is 10.7 Å². The molecule has 0 aromatic heterocycles. The maximum atomic E-state index is 13.5. The van der Waals surface area contributed by atoms with Gasteiger partial charge in [-0.25, -0.2) is 4.39 Å². The molecule has 1 aromatic carbocycles. The summed E-state index contributed by atoms with van der Waals surface area (Å²) in [6, 6.07) is 4.77. The fourth-order valence-corrected chi connectivity index (χ4v) is 3.55. The molecule has 1 aliphatic rings. The van der Waals surface area contributed by atoms with Gasteiger partial charge >= 0.3 is 5.97 Å². The average molecular weight is 384 g/mol. The molecule has 0 saturated heterocycles. The number of rotatable bonds is 7. The highest BCUT2D eigenvalue weighted by molar-refractivity contribution is 7.99. The van der Waals surface area contributed by atoms with Crippen LogP contribution in [0.25, 0.3) is 0 Å². The van der Waals surface area contributed by atoms with Gasteiger partial charge in [-0.1, -0.05) is 6.42 Å². The molecule has 0 fully saturated rings. The van der Waals surface area contributed by atoms with Gasteiger partial charge in [-0.05, 0) is 43.3 Å². The van der Waals surface area contributed by atoms with Gasteiger partial charge in [0.1, 0.15) is 5.82 Å². The van der Waals surface area contributed by atoms with Crippen LogP contribution in [0.4, 0.5) is 4.39 Å². The number of ether oxygens (including phenoxy) is 1. The number of fused-ring (bicyclic) bond motifs is 1. The molecule has 1 aromatic rings. The van der Waals surface area contributed by atoms with Crippen LogP contribution >= 0.6 is 24.0 Å². The Balaban J connectivity index is 1.72. The first kappa shape index (κ1) is 19.7. The van der Waals surface area contributed by atoms with Gasteiger partial charge in [0.25, 0.3) is 0 Å². The summed E-state index contributed by atoms with van der Waals surface area (Å²) in [5.74, 6) is 0.476. The SMILES string of the molecule is COC(=O)CCCCCNC(=S)N/N=C1/CCSc2ccc(F)cc21. The molecular weight excluding hydrogens is 361 g/mol. The largest absolute Gasteiger partial charge is 0.469 e. The lowest BCUT2D eigenvalue weighted by Crippen LogP contribution is -2.33. The minimum atomic E-state index is -0.262. The number of carbonyl (C=O) groups excluding carboxylic acids is 1. The summed E-state index contributed by atoms with van der Waals surface area (Å²) in [7, 11) is 1.40. The number of methoxy groups -OCH3 is 1. The molecule has 136 valence electrons. The number of hydrogen-bond acceptors (Lipinski definition) is 5. The van der Waals surface area contributed by atoms with E-state index in [0.717, 1.165) is 47.6 Å². The molecule has 2 N–H and O–H groups in total. The molecule has 5 nitrogen and oxygen atoms in total. The predicted octanol–water partition coefficient (Wildman–Crippen LogP) is 3.22. The van der Waals surface area contributed by atoms with Crippen LogP contribution in [0.15, 0.2) is 28.2 Å². The lowest BCUT2D eigenvalue weighted by Gasteiger charge is -2.17. The summed E-state index contributed by atoms with van der Waals surface area (Å²) < 4.78 is 18.0. The number of hydrogen-bond donors (Lipinski definition) is 2. The van der Waals surface area contributed by atoms with E-state index in [0.29, 0.717) is 18.1 Å². The molecule has 1 heterocycles. The zero-order valence-electron chi connectivity index (χ0n) is 14.1. The van der Waals surface area contributed by atoms with E-state index in [4.69, 9.17) is 12.2 Å². The van der Waals surface area contributed by atoms with E-state index in [1.165, 1.54) is 19.2 Å². The number of esters is 1. The molecule has 2 rings (SSSR count). The van der Waals surface area contributed by atoms with Gasteiger partial charge in [0.2, 0.25) is 0 Å². The first-order valence-electron chi connectivity index (χ1n) is 8.20. The molecule has 25 heavy (non-hydrogen) atoms. The third kappa shape index (κ3) is 6.62. The molecule has 0 unspecified atom stereocenters. The number of benzene rings is 1.